The van der Waals surface area contributed by atoms with Gasteiger partial charge in [-0.05, 0) is 48.0 Å². The second-order valence-corrected chi connectivity index (χ2v) is 9.18. The largest absolute Gasteiger partial charge is 0.368 e. The highest BCUT2D eigenvalue weighted by molar-refractivity contribution is 7.90. The van der Waals surface area contributed by atoms with Crippen LogP contribution in [0.5, 0.6) is 0 Å². The van der Waals surface area contributed by atoms with Crippen molar-refractivity contribution in [1.82, 2.24) is 13.8 Å². The van der Waals surface area contributed by atoms with Crippen molar-refractivity contribution in [3.05, 3.63) is 84.9 Å². The molecule has 1 amide bonds. The molecule has 0 aliphatic rings. The Morgan fingerprint density at radius 2 is 1.78 bits per heavy atom. The summed E-state index contributed by atoms with van der Waals surface area (Å²) in [5, 5.41) is 5.55. The van der Waals surface area contributed by atoms with E-state index in [9.17, 15) is 17.6 Å². The Bertz CT molecular complexity index is 1600. The number of carbonyl (C=O) groups excluding carboxylic acids is 1. The maximum absolute atomic E-state index is 14.1. The lowest BCUT2D eigenvalue weighted by Crippen LogP contribution is -2.19. The molecule has 160 valence electrons. The summed E-state index contributed by atoms with van der Waals surface area (Å²) in [4.78, 5) is 11.4. The maximum atomic E-state index is 14.1. The predicted octanol–water partition coefficient (Wildman–Crippen LogP) is 3.52. The third kappa shape index (κ3) is 3.23. The molecule has 3 aromatic carbocycles. The highest BCUT2D eigenvalue weighted by Crippen LogP contribution is 2.35. The molecule has 9 heteroatoms. The van der Waals surface area contributed by atoms with Crippen LogP contribution in [0.25, 0.3) is 32.9 Å². The molecule has 0 spiro atoms. The molecule has 5 rings (SSSR count). The normalized spacial score (nSPS) is 11.9. The van der Waals surface area contributed by atoms with Crippen LogP contribution < -0.4 is 5.73 Å². The number of primary amides is 1. The van der Waals surface area contributed by atoms with E-state index < -0.39 is 21.7 Å². The van der Waals surface area contributed by atoms with E-state index in [1.807, 2.05) is 6.07 Å². The van der Waals surface area contributed by atoms with Crippen molar-refractivity contribution in [2.75, 3.05) is 0 Å². The number of nitrogens with zero attached hydrogens (tertiary/aromatic N) is 3. The monoisotopic (exact) mass is 448 g/mol. The van der Waals surface area contributed by atoms with E-state index >= 15 is 0 Å². The summed E-state index contributed by atoms with van der Waals surface area (Å²) in [5.41, 5.74) is 7.60. The Morgan fingerprint density at radius 1 is 1.00 bits per heavy atom. The number of nitrogens with two attached hydrogens (primary N) is 1. The van der Waals surface area contributed by atoms with Crippen LogP contribution in [0.4, 0.5) is 4.39 Å². The zero-order valence-electron chi connectivity index (χ0n) is 16.6. The van der Waals surface area contributed by atoms with Gasteiger partial charge in [-0.3, -0.25) is 9.48 Å². The molecule has 0 atom stereocenters. The fourth-order valence-electron chi connectivity index (χ4n) is 3.83. The molecule has 0 saturated carbocycles. The minimum absolute atomic E-state index is 0.0449. The molecule has 0 unspecified atom stereocenters. The summed E-state index contributed by atoms with van der Waals surface area (Å²) >= 11 is 0. The van der Waals surface area contributed by atoms with Crippen LogP contribution >= 0.6 is 0 Å². The summed E-state index contributed by atoms with van der Waals surface area (Å²) in [6.45, 7) is -0.0449. The number of benzene rings is 3. The Hall–Kier alpha value is -3.98. The number of rotatable bonds is 5. The fourth-order valence-corrected chi connectivity index (χ4v) is 5.22. The van der Waals surface area contributed by atoms with Gasteiger partial charge < -0.3 is 5.73 Å². The zero-order valence-corrected chi connectivity index (χ0v) is 17.5. The first kappa shape index (κ1) is 20.0. The quantitative estimate of drug-likeness (QED) is 0.445. The van der Waals surface area contributed by atoms with Crippen molar-refractivity contribution in [3.8, 4) is 11.1 Å². The maximum Gasteiger partial charge on any atom is 0.268 e. The van der Waals surface area contributed by atoms with E-state index in [2.05, 4.69) is 5.10 Å². The molecule has 0 saturated heterocycles. The van der Waals surface area contributed by atoms with Crippen molar-refractivity contribution in [2.45, 2.75) is 11.4 Å². The van der Waals surface area contributed by atoms with Crippen LogP contribution in [0.1, 0.15) is 0 Å². The summed E-state index contributed by atoms with van der Waals surface area (Å²) in [5.74, 6) is -1.04. The molecule has 2 heterocycles. The lowest BCUT2D eigenvalue weighted by Gasteiger charge is -2.07. The molecular weight excluding hydrogens is 431 g/mol. The molecule has 7 nitrogen and oxygen atoms in total. The van der Waals surface area contributed by atoms with Crippen LogP contribution in [0, 0.1) is 5.82 Å². The van der Waals surface area contributed by atoms with E-state index in [1.165, 1.54) is 35.1 Å². The van der Waals surface area contributed by atoms with Gasteiger partial charge in [-0.25, -0.2) is 16.8 Å². The first-order valence-corrected chi connectivity index (χ1v) is 11.1. The summed E-state index contributed by atoms with van der Waals surface area (Å²) in [7, 11) is -3.94. The lowest BCUT2D eigenvalue weighted by molar-refractivity contribution is -0.118. The van der Waals surface area contributed by atoms with Gasteiger partial charge in [0.25, 0.3) is 10.0 Å². The molecule has 5 aromatic rings. The Morgan fingerprint density at radius 3 is 2.53 bits per heavy atom. The Kier molecular flexibility index (Phi) is 4.56. The van der Waals surface area contributed by atoms with E-state index in [4.69, 9.17) is 5.73 Å². The van der Waals surface area contributed by atoms with Gasteiger partial charge in [0.15, 0.2) is 0 Å². The third-order valence-corrected chi connectivity index (χ3v) is 6.98. The number of hydrogen-bond donors (Lipinski definition) is 1. The Labute approximate surface area is 182 Å². The number of fused-ring (bicyclic) bond motifs is 2. The molecule has 32 heavy (non-hydrogen) atoms. The van der Waals surface area contributed by atoms with Crippen molar-refractivity contribution >= 4 is 37.7 Å². The number of hydrogen-bond acceptors (Lipinski definition) is 4. The van der Waals surface area contributed by atoms with Gasteiger partial charge >= 0.3 is 0 Å². The summed E-state index contributed by atoms with van der Waals surface area (Å²) in [6, 6.07) is 17.5. The van der Waals surface area contributed by atoms with Crippen LogP contribution in [0.2, 0.25) is 0 Å². The van der Waals surface area contributed by atoms with Gasteiger partial charge in [0.1, 0.15) is 12.4 Å². The highest BCUT2D eigenvalue weighted by Gasteiger charge is 2.22. The van der Waals surface area contributed by atoms with Crippen molar-refractivity contribution in [1.29, 1.82) is 0 Å². The molecule has 0 radical (unpaired) electrons. The molecule has 0 bridgehead atoms. The van der Waals surface area contributed by atoms with Crippen LogP contribution in [0.15, 0.2) is 84.0 Å². The average Bonchev–Trinajstić information content (AvgIpc) is 3.35. The SMILES string of the molecule is NC(=O)Cn1ncc2cc(-c3cn(S(=O)(=O)c4ccccc4)c4cc(F)ccc34)ccc21. The number of carbonyl (C=O) groups is 1. The van der Waals surface area contributed by atoms with Crippen molar-refractivity contribution in [3.63, 3.8) is 0 Å². The van der Waals surface area contributed by atoms with Crippen molar-refractivity contribution < 1.29 is 17.6 Å². The number of halogens is 1. The van der Waals surface area contributed by atoms with E-state index in [-0.39, 0.29) is 17.0 Å². The zero-order chi connectivity index (χ0) is 22.5. The first-order chi connectivity index (χ1) is 15.3. The molecule has 0 fully saturated rings. The second-order valence-electron chi connectivity index (χ2n) is 7.36. The fraction of sp³-hybridized carbons (Fsp3) is 0.0435. The van der Waals surface area contributed by atoms with Gasteiger partial charge in [-0.1, -0.05) is 24.3 Å². The van der Waals surface area contributed by atoms with Gasteiger partial charge in [-0.2, -0.15) is 5.10 Å². The van der Waals surface area contributed by atoms with Gasteiger partial charge in [0.2, 0.25) is 5.91 Å². The van der Waals surface area contributed by atoms with Crippen LogP contribution in [-0.4, -0.2) is 28.1 Å². The van der Waals surface area contributed by atoms with Gasteiger partial charge in [0.05, 0.1) is 22.1 Å². The topological polar surface area (TPSA) is 100.0 Å². The molecule has 2 aromatic heterocycles. The minimum atomic E-state index is -3.94. The Balaban J connectivity index is 1.71. The van der Waals surface area contributed by atoms with Crippen LogP contribution in [0.3, 0.4) is 0 Å². The van der Waals surface area contributed by atoms with Crippen LogP contribution in [-0.2, 0) is 21.4 Å². The molecular formula is C23H17FN4O3S. The van der Waals surface area contributed by atoms with Gasteiger partial charge in [-0.15, -0.1) is 0 Å². The summed E-state index contributed by atoms with van der Waals surface area (Å²) < 4.78 is 43.3. The van der Waals surface area contributed by atoms with Crippen molar-refractivity contribution in [2.24, 2.45) is 5.73 Å². The summed E-state index contributed by atoms with van der Waals surface area (Å²) in [6.07, 6.45) is 3.11. The minimum Gasteiger partial charge on any atom is -0.368 e. The predicted molar refractivity (Wildman–Crippen MR) is 119 cm³/mol. The standard InChI is InChI=1S/C23H17FN4O3S/c24-17-7-8-19-20(15-6-9-21-16(10-15)12-26-27(21)14-23(25)29)13-28(22(19)11-17)32(30,31)18-4-2-1-3-5-18/h1-13H,14H2,(H2,25,29). The van der Waals surface area contributed by atoms with Gasteiger partial charge in [0, 0.05) is 22.5 Å². The van der Waals surface area contributed by atoms with E-state index in [0.29, 0.717) is 10.9 Å². The smallest absolute Gasteiger partial charge is 0.268 e. The van der Waals surface area contributed by atoms with E-state index in [0.717, 1.165) is 20.4 Å². The number of aromatic nitrogens is 3. The lowest BCUT2D eigenvalue weighted by atomic mass is 10.0. The number of amides is 1. The third-order valence-electron chi connectivity index (χ3n) is 5.29. The second kappa shape index (κ2) is 7.31. The average molecular weight is 448 g/mol. The van der Waals surface area contributed by atoms with E-state index in [1.54, 1.807) is 42.6 Å². The first-order valence-electron chi connectivity index (χ1n) is 9.70. The molecule has 2 N–H and O–H groups in total. The highest BCUT2D eigenvalue weighted by atomic mass is 32.2. The molecule has 0 aliphatic heterocycles. The molecule has 0 aliphatic carbocycles.